The van der Waals surface area contributed by atoms with Crippen LogP contribution in [0.1, 0.15) is 29.9 Å². The molecule has 0 unspecified atom stereocenters. The number of hydrogen-bond donors (Lipinski definition) is 0. The minimum atomic E-state index is -0.355. The third-order valence-electron chi connectivity index (χ3n) is 5.51. The monoisotopic (exact) mass is 470 g/mol. The zero-order valence-corrected chi connectivity index (χ0v) is 19.8. The molecule has 5 rings (SSSR count). The highest BCUT2D eigenvalue weighted by atomic mass is 32.2. The Labute approximate surface area is 192 Å². The predicted octanol–water partition coefficient (Wildman–Crippen LogP) is 3.52. The van der Waals surface area contributed by atoms with E-state index in [1.54, 1.807) is 4.57 Å². The molecule has 0 spiro atoms. The topological polar surface area (TPSA) is 87.7 Å². The molecule has 166 valence electrons. The van der Waals surface area contributed by atoms with Crippen LogP contribution in [0, 0.1) is 6.92 Å². The highest BCUT2D eigenvalue weighted by molar-refractivity contribution is 7.99. The summed E-state index contributed by atoms with van der Waals surface area (Å²) in [5.41, 5.74) is 2.31. The summed E-state index contributed by atoms with van der Waals surface area (Å²) in [7, 11) is 1.35. The number of fused-ring (bicyclic) bond motifs is 5. The molecular weight excluding hydrogens is 448 g/mol. The van der Waals surface area contributed by atoms with Crippen LogP contribution in [-0.2, 0) is 27.3 Å². The summed E-state index contributed by atoms with van der Waals surface area (Å²) >= 11 is 2.76. The van der Waals surface area contributed by atoms with Crippen LogP contribution in [0.3, 0.4) is 0 Å². The summed E-state index contributed by atoms with van der Waals surface area (Å²) in [6.45, 7) is 6.51. The van der Waals surface area contributed by atoms with Crippen molar-refractivity contribution >= 4 is 45.1 Å². The number of carbonyl (C=O) groups excluding carboxylic acids is 1. The van der Waals surface area contributed by atoms with E-state index < -0.39 is 0 Å². The number of aromatic nitrogens is 4. The highest BCUT2D eigenvalue weighted by Crippen LogP contribution is 2.39. The third-order valence-corrected chi connectivity index (χ3v) is 7.60. The lowest BCUT2D eigenvalue weighted by molar-refractivity contribution is -0.137. The maximum absolute atomic E-state index is 13.9. The molecule has 0 saturated carbocycles. The molecule has 4 aromatic rings. The van der Waals surface area contributed by atoms with Crippen LogP contribution in [0.15, 0.2) is 34.2 Å². The largest absolute Gasteiger partial charge is 0.468 e. The van der Waals surface area contributed by atoms with Gasteiger partial charge in [0.15, 0.2) is 5.16 Å². The fourth-order valence-electron chi connectivity index (χ4n) is 3.98. The van der Waals surface area contributed by atoms with Crippen molar-refractivity contribution in [1.29, 1.82) is 0 Å². The Morgan fingerprint density at radius 3 is 2.91 bits per heavy atom. The van der Waals surface area contributed by atoms with Crippen molar-refractivity contribution in [3.63, 3.8) is 0 Å². The molecule has 0 saturated heterocycles. The molecule has 4 heterocycles. The lowest BCUT2D eigenvalue weighted by Crippen LogP contribution is -2.32. The molecule has 0 N–H and O–H groups in total. The summed E-state index contributed by atoms with van der Waals surface area (Å²) < 4.78 is 14.3. The van der Waals surface area contributed by atoms with Crippen molar-refractivity contribution in [3.05, 3.63) is 50.6 Å². The second-order valence-electron chi connectivity index (χ2n) is 8.37. The maximum atomic E-state index is 13.9. The number of nitrogens with zero attached hydrogens (tertiary/aromatic N) is 4. The number of benzene rings is 1. The molecule has 0 radical (unpaired) electrons. The third kappa shape index (κ3) is 3.42. The van der Waals surface area contributed by atoms with Crippen molar-refractivity contribution in [3.8, 4) is 5.69 Å². The van der Waals surface area contributed by atoms with Gasteiger partial charge in [-0.25, -0.2) is 8.97 Å². The van der Waals surface area contributed by atoms with Crippen LogP contribution < -0.4 is 5.56 Å². The Balaban J connectivity index is 1.85. The number of ether oxygens (including phenoxy) is 2. The molecule has 32 heavy (non-hydrogen) atoms. The van der Waals surface area contributed by atoms with Crippen molar-refractivity contribution in [2.24, 2.45) is 0 Å². The standard InChI is InChI=1S/C22H22N4O4S2/c1-12-6-5-7-13(8-12)25-18(28)17-14-9-22(2,3)30-10-15(14)32-19(17)26-20(25)23-24-21(26)31-11-16(27)29-4/h5-8H,9-11H2,1-4H3. The van der Waals surface area contributed by atoms with Crippen LogP contribution in [0.2, 0.25) is 0 Å². The first kappa shape index (κ1) is 21.2. The summed E-state index contributed by atoms with van der Waals surface area (Å²) in [6.07, 6.45) is 0.643. The smallest absolute Gasteiger partial charge is 0.316 e. The second-order valence-corrected chi connectivity index (χ2v) is 10.4. The van der Waals surface area contributed by atoms with Gasteiger partial charge in [-0.2, -0.15) is 0 Å². The lowest BCUT2D eigenvalue weighted by Gasteiger charge is -2.29. The molecular formula is C22H22N4O4S2. The quantitative estimate of drug-likeness (QED) is 0.333. The zero-order valence-electron chi connectivity index (χ0n) is 18.2. The SMILES string of the molecule is COC(=O)CSc1nnc2n(-c3cccc(C)c3)c(=O)c3c4c(sc3n12)COC(C)(C)C4. The number of carbonyl (C=O) groups is 1. The average molecular weight is 471 g/mol. The van der Waals surface area contributed by atoms with Gasteiger partial charge >= 0.3 is 5.97 Å². The summed E-state index contributed by atoms with van der Waals surface area (Å²) in [6, 6.07) is 7.75. The molecule has 0 bridgehead atoms. The van der Waals surface area contributed by atoms with Crippen LogP contribution in [-0.4, -0.2) is 43.6 Å². The van der Waals surface area contributed by atoms with E-state index in [2.05, 4.69) is 10.2 Å². The molecule has 3 aromatic heterocycles. The molecule has 1 aliphatic rings. The second kappa shape index (κ2) is 7.72. The first-order chi connectivity index (χ1) is 15.3. The highest BCUT2D eigenvalue weighted by Gasteiger charge is 2.32. The molecule has 0 fully saturated rings. The van der Waals surface area contributed by atoms with Crippen molar-refractivity contribution < 1.29 is 14.3 Å². The number of thiophene rings is 1. The number of aryl methyl sites for hydroxylation is 1. The first-order valence-corrected chi connectivity index (χ1v) is 11.9. The average Bonchev–Trinajstić information content (AvgIpc) is 3.32. The minimum absolute atomic E-state index is 0.101. The van der Waals surface area contributed by atoms with E-state index in [1.165, 1.54) is 30.2 Å². The van der Waals surface area contributed by atoms with E-state index in [-0.39, 0.29) is 22.9 Å². The molecule has 1 aliphatic heterocycles. The van der Waals surface area contributed by atoms with Crippen LogP contribution in [0.5, 0.6) is 0 Å². The van der Waals surface area contributed by atoms with Crippen molar-refractivity contribution in [2.75, 3.05) is 12.9 Å². The fraction of sp³-hybridized carbons (Fsp3) is 0.364. The van der Waals surface area contributed by atoms with Crippen LogP contribution >= 0.6 is 23.1 Å². The van der Waals surface area contributed by atoms with Gasteiger partial charge < -0.3 is 9.47 Å². The lowest BCUT2D eigenvalue weighted by atomic mass is 9.94. The number of rotatable bonds is 4. The van der Waals surface area contributed by atoms with Crippen molar-refractivity contribution in [2.45, 2.75) is 44.6 Å². The Hall–Kier alpha value is -2.69. The number of esters is 1. The van der Waals surface area contributed by atoms with E-state index >= 15 is 0 Å². The Morgan fingerprint density at radius 1 is 1.34 bits per heavy atom. The van der Waals surface area contributed by atoms with Crippen molar-refractivity contribution in [1.82, 2.24) is 19.2 Å². The fourth-order valence-corrected chi connectivity index (χ4v) is 6.02. The Bertz CT molecular complexity index is 1430. The zero-order chi connectivity index (χ0) is 22.6. The van der Waals surface area contributed by atoms with E-state index in [9.17, 15) is 9.59 Å². The van der Waals surface area contributed by atoms with Gasteiger partial charge in [0.05, 0.1) is 36.1 Å². The number of hydrogen-bond acceptors (Lipinski definition) is 8. The normalized spacial score (nSPS) is 15.2. The van der Waals surface area contributed by atoms with E-state index in [0.29, 0.717) is 29.3 Å². The van der Waals surface area contributed by atoms with Crippen LogP contribution in [0.4, 0.5) is 0 Å². The van der Waals surface area contributed by atoms with E-state index in [1.807, 2.05) is 49.4 Å². The molecule has 0 amide bonds. The molecule has 0 aliphatic carbocycles. The van der Waals surface area contributed by atoms with Gasteiger partial charge in [0.1, 0.15) is 4.83 Å². The molecule has 8 nitrogen and oxygen atoms in total. The predicted molar refractivity (Wildman–Crippen MR) is 124 cm³/mol. The first-order valence-electron chi connectivity index (χ1n) is 10.1. The van der Waals surface area contributed by atoms with Gasteiger partial charge in [-0.15, -0.1) is 21.5 Å². The molecule has 1 aromatic carbocycles. The Kier molecular flexibility index (Phi) is 5.11. The maximum Gasteiger partial charge on any atom is 0.316 e. The minimum Gasteiger partial charge on any atom is -0.468 e. The Morgan fingerprint density at radius 2 is 2.16 bits per heavy atom. The molecule has 10 heteroatoms. The van der Waals surface area contributed by atoms with Gasteiger partial charge in [0.25, 0.3) is 5.56 Å². The van der Waals surface area contributed by atoms with E-state index in [0.717, 1.165) is 26.5 Å². The van der Waals surface area contributed by atoms with Gasteiger partial charge in [0.2, 0.25) is 5.78 Å². The van der Waals surface area contributed by atoms with E-state index in [4.69, 9.17) is 9.47 Å². The van der Waals surface area contributed by atoms with Gasteiger partial charge in [0, 0.05) is 11.3 Å². The summed E-state index contributed by atoms with van der Waals surface area (Å²) in [4.78, 5) is 27.4. The number of thioether (sulfide) groups is 1. The van der Waals surface area contributed by atoms with Gasteiger partial charge in [-0.3, -0.25) is 9.59 Å². The summed E-state index contributed by atoms with van der Waals surface area (Å²) in [5.74, 6) is 0.165. The van der Waals surface area contributed by atoms with Crippen LogP contribution in [0.25, 0.3) is 21.7 Å². The number of methoxy groups -OCH3 is 1. The van der Waals surface area contributed by atoms with Gasteiger partial charge in [-0.05, 0) is 44.0 Å². The van der Waals surface area contributed by atoms with Gasteiger partial charge in [-0.1, -0.05) is 23.9 Å². The molecule has 0 atom stereocenters. The summed E-state index contributed by atoms with van der Waals surface area (Å²) in [5, 5.41) is 9.87.